The lowest BCUT2D eigenvalue weighted by atomic mass is 10.2. The summed E-state index contributed by atoms with van der Waals surface area (Å²) in [6.07, 6.45) is 3.79. The highest BCUT2D eigenvalue weighted by Gasteiger charge is 2.26. The zero-order valence-corrected chi connectivity index (χ0v) is 9.46. The van der Waals surface area contributed by atoms with Gasteiger partial charge in [-0.1, -0.05) is 0 Å². The van der Waals surface area contributed by atoms with E-state index in [4.69, 9.17) is 5.73 Å². The summed E-state index contributed by atoms with van der Waals surface area (Å²) in [5, 5.41) is 2.99. The highest BCUT2D eigenvalue weighted by atomic mass is 32.2. The predicted molar refractivity (Wildman–Crippen MR) is 59.5 cm³/mol. The molecule has 2 rings (SSSR count). The second kappa shape index (κ2) is 4.00. The number of guanidine groups is 1. The molecule has 1 aliphatic carbocycles. The van der Waals surface area contributed by atoms with Gasteiger partial charge in [0.05, 0.1) is 17.5 Å². The lowest BCUT2D eigenvalue weighted by Gasteiger charge is -2.23. The molecule has 0 amide bonds. The average Bonchev–Trinajstić information content (AvgIpc) is 2.85. The summed E-state index contributed by atoms with van der Waals surface area (Å²) in [6.45, 7) is 0. The van der Waals surface area contributed by atoms with Crippen LogP contribution in [-0.4, -0.2) is 38.0 Å². The zero-order chi connectivity index (χ0) is 10.9. The van der Waals surface area contributed by atoms with Gasteiger partial charge in [-0.05, 0) is 25.7 Å². The molecule has 0 aromatic heterocycles. The first-order valence-corrected chi connectivity index (χ1v) is 7.17. The molecular formula is C9H17N3O2S. The van der Waals surface area contributed by atoms with Crippen molar-refractivity contribution in [2.75, 3.05) is 11.5 Å². The van der Waals surface area contributed by atoms with Crippen molar-refractivity contribution in [2.45, 2.75) is 37.8 Å². The molecular weight excluding hydrogens is 214 g/mol. The Morgan fingerprint density at radius 3 is 2.67 bits per heavy atom. The SMILES string of the molecule is NC(=NC1CC1)NC1CCCS(=O)(=O)C1. The number of rotatable bonds is 2. The second-order valence-electron chi connectivity index (χ2n) is 4.34. The van der Waals surface area contributed by atoms with Gasteiger partial charge in [0.2, 0.25) is 0 Å². The van der Waals surface area contributed by atoms with E-state index in [1.807, 2.05) is 0 Å². The monoisotopic (exact) mass is 231 g/mol. The lowest BCUT2D eigenvalue weighted by molar-refractivity contribution is 0.530. The van der Waals surface area contributed by atoms with E-state index in [0.29, 0.717) is 17.8 Å². The van der Waals surface area contributed by atoms with Crippen molar-refractivity contribution in [3.05, 3.63) is 0 Å². The van der Waals surface area contributed by atoms with Crippen LogP contribution in [0, 0.1) is 0 Å². The molecule has 0 spiro atoms. The molecule has 1 saturated heterocycles. The quantitative estimate of drug-likeness (QED) is 0.501. The Balaban J connectivity index is 1.88. The maximum atomic E-state index is 11.4. The highest BCUT2D eigenvalue weighted by Crippen LogP contribution is 2.23. The topological polar surface area (TPSA) is 84.5 Å². The maximum absolute atomic E-state index is 11.4. The van der Waals surface area contributed by atoms with Gasteiger partial charge in [0, 0.05) is 6.04 Å². The van der Waals surface area contributed by atoms with Gasteiger partial charge in [-0.15, -0.1) is 0 Å². The van der Waals surface area contributed by atoms with E-state index in [2.05, 4.69) is 10.3 Å². The van der Waals surface area contributed by atoms with E-state index in [9.17, 15) is 8.42 Å². The van der Waals surface area contributed by atoms with Crippen molar-refractivity contribution in [3.63, 3.8) is 0 Å². The Kier molecular flexibility index (Phi) is 2.86. The standard InChI is InChI=1S/C9H17N3O2S/c10-9(11-7-3-4-7)12-8-2-1-5-15(13,14)6-8/h7-8H,1-6H2,(H3,10,11,12). The van der Waals surface area contributed by atoms with E-state index >= 15 is 0 Å². The average molecular weight is 231 g/mol. The summed E-state index contributed by atoms with van der Waals surface area (Å²) in [5.41, 5.74) is 5.68. The first kappa shape index (κ1) is 10.7. The Morgan fingerprint density at radius 1 is 1.33 bits per heavy atom. The Bertz CT molecular complexity index is 360. The fourth-order valence-corrected chi connectivity index (χ4v) is 3.42. The van der Waals surface area contributed by atoms with Crippen LogP contribution in [0.25, 0.3) is 0 Å². The lowest BCUT2D eigenvalue weighted by Crippen LogP contribution is -2.46. The number of sulfone groups is 1. The number of nitrogens with zero attached hydrogens (tertiary/aromatic N) is 1. The van der Waals surface area contributed by atoms with Crippen molar-refractivity contribution in [1.82, 2.24) is 5.32 Å². The van der Waals surface area contributed by atoms with Crippen LogP contribution < -0.4 is 11.1 Å². The Morgan fingerprint density at radius 2 is 2.07 bits per heavy atom. The fraction of sp³-hybridized carbons (Fsp3) is 0.889. The first-order valence-electron chi connectivity index (χ1n) is 5.35. The molecule has 1 atom stereocenters. The van der Waals surface area contributed by atoms with Gasteiger partial charge < -0.3 is 11.1 Å². The smallest absolute Gasteiger partial charge is 0.189 e. The molecule has 3 N–H and O–H groups in total. The summed E-state index contributed by atoms with van der Waals surface area (Å²) in [4.78, 5) is 4.22. The molecule has 2 aliphatic rings. The molecule has 0 aromatic carbocycles. The van der Waals surface area contributed by atoms with E-state index < -0.39 is 9.84 Å². The molecule has 0 radical (unpaired) electrons. The van der Waals surface area contributed by atoms with Crippen LogP contribution in [0.1, 0.15) is 25.7 Å². The molecule has 1 aliphatic heterocycles. The molecule has 5 nitrogen and oxygen atoms in total. The van der Waals surface area contributed by atoms with Crippen LogP contribution in [0.2, 0.25) is 0 Å². The molecule has 1 saturated carbocycles. The molecule has 6 heteroatoms. The van der Waals surface area contributed by atoms with Crippen LogP contribution in [0.15, 0.2) is 4.99 Å². The number of hydrogen-bond donors (Lipinski definition) is 2. The number of hydrogen-bond acceptors (Lipinski definition) is 3. The summed E-state index contributed by atoms with van der Waals surface area (Å²) < 4.78 is 22.7. The van der Waals surface area contributed by atoms with Crippen molar-refractivity contribution in [1.29, 1.82) is 0 Å². The van der Waals surface area contributed by atoms with Gasteiger partial charge in [0.1, 0.15) is 0 Å². The minimum absolute atomic E-state index is 0.0498. The van der Waals surface area contributed by atoms with Gasteiger partial charge in [0.25, 0.3) is 0 Å². The van der Waals surface area contributed by atoms with Gasteiger partial charge >= 0.3 is 0 Å². The molecule has 1 heterocycles. The first-order chi connectivity index (χ1) is 7.05. The molecule has 2 fully saturated rings. The van der Waals surface area contributed by atoms with E-state index in [0.717, 1.165) is 25.7 Å². The largest absolute Gasteiger partial charge is 0.370 e. The maximum Gasteiger partial charge on any atom is 0.189 e. The predicted octanol–water partition coefficient (Wildman–Crippen LogP) is -0.370. The molecule has 0 bridgehead atoms. The van der Waals surface area contributed by atoms with Crippen LogP contribution in [0.3, 0.4) is 0 Å². The van der Waals surface area contributed by atoms with Crippen LogP contribution in [0.4, 0.5) is 0 Å². The molecule has 86 valence electrons. The number of nitrogens with one attached hydrogen (secondary N) is 1. The minimum Gasteiger partial charge on any atom is -0.370 e. The van der Waals surface area contributed by atoms with Crippen molar-refractivity contribution in [2.24, 2.45) is 10.7 Å². The third-order valence-electron chi connectivity index (χ3n) is 2.68. The highest BCUT2D eigenvalue weighted by molar-refractivity contribution is 7.91. The summed E-state index contributed by atoms with van der Waals surface area (Å²) in [5.74, 6) is 0.901. The molecule has 0 aromatic rings. The van der Waals surface area contributed by atoms with Crippen LogP contribution in [0.5, 0.6) is 0 Å². The van der Waals surface area contributed by atoms with Gasteiger partial charge in [0.15, 0.2) is 15.8 Å². The summed E-state index contributed by atoms with van der Waals surface area (Å²) >= 11 is 0. The zero-order valence-electron chi connectivity index (χ0n) is 8.65. The Hall–Kier alpha value is -0.780. The van der Waals surface area contributed by atoms with E-state index in [1.54, 1.807) is 0 Å². The van der Waals surface area contributed by atoms with Crippen LogP contribution in [-0.2, 0) is 9.84 Å². The second-order valence-corrected chi connectivity index (χ2v) is 6.57. The van der Waals surface area contributed by atoms with Crippen molar-refractivity contribution in [3.8, 4) is 0 Å². The van der Waals surface area contributed by atoms with Gasteiger partial charge in [-0.25, -0.2) is 8.42 Å². The number of nitrogens with two attached hydrogens (primary N) is 1. The third-order valence-corrected chi connectivity index (χ3v) is 4.50. The minimum atomic E-state index is -2.86. The van der Waals surface area contributed by atoms with Crippen molar-refractivity contribution >= 4 is 15.8 Å². The van der Waals surface area contributed by atoms with Gasteiger partial charge in [-0.3, -0.25) is 4.99 Å². The normalized spacial score (nSPS) is 31.2. The van der Waals surface area contributed by atoms with E-state index in [-0.39, 0.29) is 11.8 Å². The molecule has 15 heavy (non-hydrogen) atoms. The fourth-order valence-electron chi connectivity index (χ4n) is 1.78. The Labute approximate surface area is 90.1 Å². The van der Waals surface area contributed by atoms with Gasteiger partial charge in [-0.2, -0.15) is 0 Å². The summed E-state index contributed by atoms with van der Waals surface area (Å²) in [6, 6.07) is 0.323. The van der Waals surface area contributed by atoms with Crippen molar-refractivity contribution < 1.29 is 8.42 Å². The van der Waals surface area contributed by atoms with Crippen LogP contribution >= 0.6 is 0 Å². The number of aliphatic imine (C=N–C) groups is 1. The van der Waals surface area contributed by atoms with E-state index in [1.165, 1.54) is 0 Å². The summed E-state index contributed by atoms with van der Waals surface area (Å²) in [7, 11) is -2.86. The molecule has 1 unspecified atom stereocenters. The third kappa shape index (κ3) is 3.37.